The molecule has 2 N–H and O–H groups in total. The number of hydrogen-bond acceptors (Lipinski definition) is 3. The summed E-state index contributed by atoms with van der Waals surface area (Å²) < 4.78 is 6.27. The van der Waals surface area contributed by atoms with E-state index in [0.29, 0.717) is 6.10 Å². The van der Waals surface area contributed by atoms with Crippen LogP contribution in [-0.2, 0) is 4.74 Å². The Balaban J connectivity index is 1.64. The number of nitrogens with one attached hydrogen (secondary N) is 1. The van der Waals surface area contributed by atoms with Crippen LogP contribution in [0.4, 0.5) is 0 Å². The summed E-state index contributed by atoms with van der Waals surface area (Å²) in [4.78, 5) is 0. The van der Waals surface area contributed by atoms with E-state index in [1.807, 2.05) is 6.92 Å². The Bertz CT molecular complexity index is 224. The van der Waals surface area contributed by atoms with Crippen LogP contribution in [0.5, 0.6) is 0 Å². The van der Waals surface area contributed by atoms with Gasteiger partial charge in [-0.05, 0) is 45.6 Å². The summed E-state index contributed by atoms with van der Waals surface area (Å²) >= 11 is 0. The number of ether oxygens (including phenoxy) is 1. The Morgan fingerprint density at radius 3 is 2.76 bits per heavy atom. The van der Waals surface area contributed by atoms with Gasteiger partial charge in [0.05, 0.1) is 17.8 Å². The van der Waals surface area contributed by atoms with Crippen LogP contribution in [0.15, 0.2) is 0 Å². The van der Waals surface area contributed by atoms with E-state index in [1.165, 1.54) is 44.9 Å². The normalized spacial score (nSPS) is 29.6. The highest BCUT2D eigenvalue weighted by atomic mass is 16.5. The minimum atomic E-state index is -0.198. The van der Waals surface area contributed by atoms with Gasteiger partial charge in [0.2, 0.25) is 0 Å². The number of hydrogen-bond donors (Lipinski definition) is 2. The zero-order valence-corrected chi connectivity index (χ0v) is 11.1. The molecule has 1 saturated carbocycles. The lowest BCUT2D eigenvalue weighted by Gasteiger charge is -2.33. The zero-order chi connectivity index (χ0) is 12.1. The van der Waals surface area contributed by atoms with Gasteiger partial charge in [-0.15, -0.1) is 0 Å². The Morgan fingerprint density at radius 2 is 2.06 bits per heavy atom. The van der Waals surface area contributed by atoms with Gasteiger partial charge in [-0.1, -0.05) is 19.3 Å². The molecule has 2 fully saturated rings. The first-order valence-corrected chi connectivity index (χ1v) is 7.27. The van der Waals surface area contributed by atoms with Gasteiger partial charge >= 0.3 is 0 Å². The van der Waals surface area contributed by atoms with E-state index < -0.39 is 0 Å². The highest BCUT2D eigenvalue weighted by molar-refractivity contribution is 4.91. The molecular formula is C14H27NO2. The van der Waals surface area contributed by atoms with E-state index in [1.54, 1.807) is 0 Å². The third kappa shape index (κ3) is 3.94. The number of aliphatic hydroxyl groups is 1. The monoisotopic (exact) mass is 241 g/mol. The molecule has 1 aliphatic heterocycles. The molecule has 17 heavy (non-hydrogen) atoms. The third-order valence-corrected chi connectivity index (χ3v) is 4.21. The lowest BCUT2D eigenvalue weighted by Crippen LogP contribution is -2.35. The first-order valence-electron chi connectivity index (χ1n) is 7.27. The minimum Gasteiger partial charge on any atom is -0.393 e. The SMILES string of the molecule is CC(O)CCNCC1CCC2(CCCCC2)O1. The molecule has 2 rings (SSSR count). The van der Waals surface area contributed by atoms with Gasteiger partial charge in [-0.2, -0.15) is 0 Å². The van der Waals surface area contributed by atoms with Gasteiger partial charge in [0.15, 0.2) is 0 Å². The van der Waals surface area contributed by atoms with Crippen LogP contribution < -0.4 is 5.32 Å². The van der Waals surface area contributed by atoms with Crippen molar-refractivity contribution in [3.05, 3.63) is 0 Å². The minimum absolute atomic E-state index is 0.198. The van der Waals surface area contributed by atoms with E-state index in [4.69, 9.17) is 4.74 Å². The van der Waals surface area contributed by atoms with E-state index in [9.17, 15) is 5.11 Å². The summed E-state index contributed by atoms with van der Waals surface area (Å²) in [5.74, 6) is 0. The highest BCUT2D eigenvalue weighted by Crippen LogP contribution is 2.41. The van der Waals surface area contributed by atoms with Crippen molar-refractivity contribution in [2.45, 2.75) is 76.1 Å². The van der Waals surface area contributed by atoms with Crippen LogP contribution in [0.25, 0.3) is 0 Å². The molecule has 1 heterocycles. The predicted octanol–water partition coefficient (Wildman–Crippen LogP) is 2.23. The molecule has 1 aliphatic carbocycles. The van der Waals surface area contributed by atoms with Crippen molar-refractivity contribution in [2.75, 3.05) is 13.1 Å². The largest absolute Gasteiger partial charge is 0.393 e. The highest BCUT2D eigenvalue weighted by Gasteiger charge is 2.40. The first-order chi connectivity index (χ1) is 8.20. The lowest BCUT2D eigenvalue weighted by molar-refractivity contribution is -0.0624. The molecule has 0 bridgehead atoms. The molecule has 0 radical (unpaired) electrons. The van der Waals surface area contributed by atoms with E-state index in [2.05, 4.69) is 5.32 Å². The maximum atomic E-state index is 9.17. The predicted molar refractivity (Wildman–Crippen MR) is 69.1 cm³/mol. The van der Waals surface area contributed by atoms with Gasteiger partial charge in [-0.25, -0.2) is 0 Å². The molecule has 0 aromatic heterocycles. The second kappa shape index (κ2) is 6.17. The summed E-state index contributed by atoms with van der Waals surface area (Å²) in [6.07, 6.45) is 10.1. The van der Waals surface area contributed by atoms with Crippen LogP contribution in [-0.4, -0.2) is 36.0 Å². The van der Waals surface area contributed by atoms with Crippen LogP contribution in [0.3, 0.4) is 0 Å². The van der Waals surface area contributed by atoms with Crippen molar-refractivity contribution in [1.29, 1.82) is 0 Å². The van der Waals surface area contributed by atoms with Crippen molar-refractivity contribution in [1.82, 2.24) is 5.32 Å². The average Bonchev–Trinajstić information content (AvgIpc) is 2.69. The smallest absolute Gasteiger partial charge is 0.0708 e. The molecule has 0 aromatic carbocycles. The van der Waals surface area contributed by atoms with Gasteiger partial charge in [0.25, 0.3) is 0 Å². The number of rotatable bonds is 5. The lowest BCUT2D eigenvalue weighted by atomic mass is 9.83. The molecule has 2 unspecified atom stereocenters. The summed E-state index contributed by atoms with van der Waals surface area (Å²) in [5.41, 5.74) is 0.245. The summed E-state index contributed by atoms with van der Waals surface area (Å²) in [6.45, 7) is 3.68. The molecule has 0 aromatic rings. The molecule has 2 atom stereocenters. The van der Waals surface area contributed by atoms with Crippen molar-refractivity contribution in [2.24, 2.45) is 0 Å². The summed E-state index contributed by atoms with van der Waals surface area (Å²) in [7, 11) is 0. The summed E-state index contributed by atoms with van der Waals surface area (Å²) in [6, 6.07) is 0. The molecule has 100 valence electrons. The zero-order valence-electron chi connectivity index (χ0n) is 11.1. The average molecular weight is 241 g/mol. The van der Waals surface area contributed by atoms with Crippen molar-refractivity contribution >= 4 is 0 Å². The van der Waals surface area contributed by atoms with E-state index in [-0.39, 0.29) is 11.7 Å². The molecule has 3 heteroatoms. The van der Waals surface area contributed by atoms with Crippen molar-refractivity contribution in [3.8, 4) is 0 Å². The Hall–Kier alpha value is -0.120. The maximum Gasteiger partial charge on any atom is 0.0708 e. The van der Waals surface area contributed by atoms with Gasteiger partial charge < -0.3 is 15.2 Å². The Labute approximate surface area is 105 Å². The first kappa shape index (κ1) is 13.3. The standard InChI is InChI=1S/C14H27NO2/c1-12(16)6-10-15-11-13-5-9-14(17-13)7-3-2-4-8-14/h12-13,15-16H,2-11H2,1H3. The second-order valence-electron chi connectivity index (χ2n) is 5.86. The van der Waals surface area contributed by atoms with Crippen LogP contribution in [0.1, 0.15) is 58.3 Å². The maximum absolute atomic E-state index is 9.17. The van der Waals surface area contributed by atoms with Gasteiger partial charge in [-0.3, -0.25) is 0 Å². The fraction of sp³-hybridized carbons (Fsp3) is 1.00. The fourth-order valence-corrected chi connectivity index (χ4v) is 3.18. The second-order valence-corrected chi connectivity index (χ2v) is 5.86. The van der Waals surface area contributed by atoms with E-state index >= 15 is 0 Å². The van der Waals surface area contributed by atoms with Crippen LogP contribution in [0.2, 0.25) is 0 Å². The molecule has 3 nitrogen and oxygen atoms in total. The molecule has 1 spiro atoms. The fourth-order valence-electron chi connectivity index (χ4n) is 3.18. The van der Waals surface area contributed by atoms with Gasteiger partial charge in [0, 0.05) is 6.54 Å². The van der Waals surface area contributed by atoms with Gasteiger partial charge in [0.1, 0.15) is 0 Å². The topological polar surface area (TPSA) is 41.5 Å². The Kier molecular flexibility index (Phi) is 4.83. The van der Waals surface area contributed by atoms with E-state index in [0.717, 1.165) is 19.5 Å². The van der Waals surface area contributed by atoms with Crippen LogP contribution >= 0.6 is 0 Å². The molecule has 0 amide bonds. The Morgan fingerprint density at radius 1 is 1.29 bits per heavy atom. The summed E-state index contributed by atoms with van der Waals surface area (Å²) in [5, 5.41) is 12.6. The van der Waals surface area contributed by atoms with Crippen molar-refractivity contribution in [3.63, 3.8) is 0 Å². The molecule has 1 saturated heterocycles. The number of aliphatic hydroxyl groups excluding tert-OH is 1. The molecule has 2 aliphatic rings. The van der Waals surface area contributed by atoms with Crippen LogP contribution in [0, 0.1) is 0 Å². The molecular weight excluding hydrogens is 214 g/mol. The third-order valence-electron chi connectivity index (χ3n) is 4.21. The quantitative estimate of drug-likeness (QED) is 0.725. The van der Waals surface area contributed by atoms with Crippen molar-refractivity contribution < 1.29 is 9.84 Å².